The van der Waals surface area contributed by atoms with Gasteiger partial charge in [-0.05, 0) is 37.1 Å². The quantitative estimate of drug-likeness (QED) is 0.709. The van der Waals surface area contributed by atoms with Gasteiger partial charge in [0.05, 0.1) is 0 Å². The van der Waals surface area contributed by atoms with E-state index in [1.807, 2.05) is 6.92 Å². The van der Waals surface area contributed by atoms with Crippen molar-refractivity contribution in [1.29, 1.82) is 0 Å². The Morgan fingerprint density at radius 1 is 1.26 bits per heavy atom. The Kier molecular flexibility index (Phi) is 7.01. The topological polar surface area (TPSA) is 101 Å². The molecular formula is C19H23ClN4O3. The normalized spacial score (nSPS) is 11.1. The second-order valence-electron chi connectivity index (χ2n) is 5.97. The maximum absolute atomic E-state index is 12.6. The Balaban J connectivity index is 2.38. The lowest BCUT2D eigenvalue weighted by atomic mass is 10.2. The van der Waals surface area contributed by atoms with Gasteiger partial charge in [0.25, 0.3) is 11.5 Å². The molecule has 144 valence electrons. The van der Waals surface area contributed by atoms with Crippen molar-refractivity contribution in [1.82, 2.24) is 9.55 Å². The maximum Gasteiger partial charge on any atom is 0.330 e. The zero-order valence-corrected chi connectivity index (χ0v) is 16.1. The Bertz CT molecular complexity index is 945. The summed E-state index contributed by atoms with van der Waals surface area (Å²) in [5.41, 5.74) is 5.60. The molecule has 0 saturated carbocycles. The van der Waals surface area contributed by atoms with E-state index in [4.69, 9.17) is 17.3 Å². The third-order valence-electron chi connectivity index (χ3n) is 4.09. The number of aromatic nitrogens is 2. The summed E-state index contributed by atoms with van der Waals surface area (Å²) in [5, 5.41) is 0.599. The number of H-pyrrole nitrogens is 1. The molecule has 8 heteroatoms. The summed E-state index contributed by atoms with van der Waals surface area (Å²) in [6.07, 6.45) is 4.57. The van der Waals surface area contributed by atoms with Gasteiger partial charge >= 0.3 is 5.69 Å². The van der Waals surface area contributed by atoms with E-state index in [1.165, 1.54) is 15.5 Å². The number of anilines is 2. The first-order chi connectivity index (χ1) is 12.9. The van der Waals surface area contributed by atoms with Crippen LogP contribution in [0, 0.1) is 0 Å². The molecule has 0 bridgehead atoms. The zero-order valence-electron chi connectivity index (χ0n) is 15.4. The predicted molar refractivity (Wildman–Crippen MR) is 109 cm³/mol. The van der Waals surface area contributed by atoms with Crippen molar-refractivity contribution in [3.8, 4) is 0 Å². The Hall–Kier alpha value is -2.80. The molecule has 0 atom stereocenters. The molecule has 1 heterocycles. The third kappa shape index (κ3) is 4.89. The lowest BCUT2D eigenvalue weighted by Gasteiger charge is -2.21. The van der Waals surface area contributed by atoms with Crippen LogP contribution in [-0.2, 0) is 11.3 Å². The van der Waals surface area contributed by atoms with Gasteiger partial charge in [-0.25, -0.2) is 4.79 Å². The van der Waals surface area contributed by atoms with Crippen molar-refractivity contribution < 1.29 is 4.79 Å². The fraction of sp³-hybridized carbons (Fsp3) is 0.316. The summed E-state index contributed by atoms with van der Waals surface area (Å²) < 4.78 is 1.29. The first kappa shape index (κ1) is 20.5. The highest BCUT2D eigenvalue weighted by atomic mass is 35.5. The highest BCUT2D eigenvalue weighted by Crippen LogP contribution is 2.18. The number of amides is 1. The van der Waals surface area contributed by atoms with Crippen LogP contribution in [0.3, 0.4) is 0 Å². The van der Waals surface area contributed by atoms with Crippen molar-refractivity contribution in [2.45, 2.75) is 33.2 Å². The number of carbonyl (C=O) groups is 1. The molecule has 0 fully saturated rings. The molecular weight excluding hydrogens is 368 g/mol. The van der Waals surface area contributed by atoms with Crippen LogP contribution < -0.4 is 21.9 Å². The largest absolute Gasteiger partial charge is 0.383 e. The number of aromatic amines is 1. The Labute approximate surface area is 162 Å². The summed E-state index contributed by atoms with van der Waals surface area (Å²) in [5.74, 6) is -0.419. The lowest BCUT2D eigenvalue weighted by Crippen LogP contribution is -2.40. The number of carbonyl (C=O) groups excluding carboxylic acids is 1. The summed E-state index contributed by atoms with van der Waals surface area (Å²) in [7, 11) is 0. The van der Waals surface area contributed by atoms with E-state index in [2.05, 4.69) is 4.98 Å². The van der Waals surface area contributed by atoms with Crippen molar-refractivity contribution in [3.63, 3.8) is 0 Å². The van der Waals surface area contributed by atoms with E-state index in [9.17, 15) is 14.4 Å². The number of hydrogen-bond donors (Lipinski definition) is 2. The number of nitrogens with zero attached hydrogens (tertiary/aromatic N) is 2. The van der Waals surface area contributed by atoms with Crippen LogP contribution in [0.5, 0.6) is 0 Å². The molecule has 3 N–H and O–H groups in total. The van der Waals surface area contributed by atoms with Crippen LogP contribution >= 0.6 is 11.6 Å². The molecule has 2 rings (SSSR count). The molecule has 0 saturated heterocycles. The molecule has 0 aliphatic heterocycles. The molecule has 0 aliphatic rings. The first-order valence-electron chi connectivity index (χ1n) is 8.76. The van der Waals surface area contributed by atoms with E-state index in [-0.39, 0.29) is 18.1 Å². The zero-order chi connectivity index (χ0) is 20.0. The van der Waals surface area contributed by atoms with E-state index in [0.717, 1.165) is 18.4 Å². The number of likely N-dealkylation sites (N-methyl/N-ethyl adjacent to an activating group) is 1. The van der Waals surface area contributed by atoms with Gasteiger partial charge in [-0.3, -0.25) is 19.1 Å². The minimum atomic E-state index is -0.680. The molecule has 2 aromatic rings. The smallest absolute Gasteiger partial charge is 0.330 e. The van der Waals surface area contributed by atoms with Gasteiger partial charge < -0.3 is 10.6 Å². The SMILES string of the molecule is CCCCn1c(N)c(N(CC)C(=O)C=Cc2ccc(Cl)cc2)c(=O)[nH]c1=O. The molecule has 1 aromatic heterocycles. The molecule has 0 spiro atoms. The van der Waals surface area contributed by atoms with E-state index in [0.29, 0.717) is 11.6 Å². The van der Waals surface area contributed by atoms with Crippen LogP contribution in [0.25, 0.3) is 6.08 Å². The number of hydrogen-bond acceptors (Lipinski definition) is 4. The van der Waals surface area contributed by atoms with Gasteiger partial charge in [0, 0.05) is 24.2 Å². The number of halogens is 1. The predicted octanol–water partition coefficient (Wildman–Crippen LogP) is 2.64. The Morgan fingerprint density at radius 2 is 1.93 bits per heavy atom. The molecule has 0 radical (unpaired) electrons. The van der Waals surface area contributed by atoms with Crippen LogP contribution in [0.15, 0.2) is 39.9 Å². The van der Waals surface area contributed by atoms with Gasteiger partial charge in [0.1, 0.15) is 5.82 Å². The van der Waals surface area contributed by atoms with Crippen molar-refractivity contribution in [2.24, 2.45) is 0 Å². The van der Waals surface area contributed by atoms with Crippen molar-refractivity contribution in [3.05, 3.63) is 61.8 Å². The maximum atomic E-state index is 12.6. The van der Waals surface area contributed by atoms with Crippen molar-refractivity contribution >= 4 is 35.1 Å². The van der Waals surface area contributed by atoms with Crippen LogP contribution in [0.4, 0.5) is 11.5 Å². The monoisotopic (exact) mass is 390 g/mol. The average Bonchev–Trinajstić information content (AvgIpc) is 2.64. The van der Waals surface area contributed by atoms with Gasteiger partial charge in [-0.2, -0.15) is 0 Å². The number of benzene rings is 1. The second-order valence-corrected chi connectivity index (χ2v) is 6.40. The first-order valence-corrected chi connectivity index (χ1v) is 9.14. The molecule has 27 heavy (non-hydrogen) atoms. The average molecular weight is 391 g/mol. The molecule has 1 aromatic carbocycles. The summed E-state index contributed by atoms with van der Waals surface area (Å²) in [6, 6.07) is 6.98. The fourth-order valence-corrected chi connectivity index (χ4v) is 2.76. The number of unbranched alkanes of at least 4 members (excludes halogenated alkanes) is 1. The highest BCUT2D eigenvalue weighted by molar-refractivity contribution is 6.30. The third-order valence-corrected chi connectivity index (χ3v) is 4.34. The van der Waals surface area contributed by atoms with E-state index in [1.54, 1.807) is 37.3 Å². The number of nitrogens with one attached hydrogen (secondary N) is 1. The molecule has 0 aliphatic carbocycles. The summed E-state index contributed by atoms with van der Waals surface area (Å²) in [6.45, 7) is 4.31. The van der Waals surface area contributed by atoms with Gasteiger partial charge in [-0.1, -0.05) is 37.1 Å². The van der Waals surface area contributed by atoms with Crippen molar-refractivity contribution in [2.75, 3.05) is 17.2 Å². The highest BCUT2D eigenvalue weighted by Gasteiger charge is 2.21. The van der Waals surface area contributed by atoms with Crippen LogP contribution in [0.2, 0.25) is 5.02 Å². The van der Waals surface area contributed by atoms with Gasteiger partial charge in [-0.15, -0.1) is 0 Å². The minimum Gasteiger partial charge on any atom is -0.383 e. The standard InChI is InChI=1S/C19H23ClN4O3/c1-3-5-12-24-17(21)16(18(26)22-19(24)27)23(4-2)15(25)11-8-13-6-9-14(20)10-7-13/h6-11H,3-5,12,21H2,1-2H3,(H,22,26,27). The fourth-order valence-electron chi connectivity index (χ4n) is 2.63. The van der Waals surface area contributed by atoms with Gasteiger partial charge in [0.15, 0.2) is 5.69 Å². The molecule has 1 amide bonds. The lowest BCUT2D eigenvalue weighted by molar-refractivity contribution is -0.114. The van der Waals surface area contributed by atoms with E-state index < -0.39 is 17.2 Å². The second kappa shape index (κ2) is 9.23. The Morgan fingerprint density at radius 3 is 2.52 bits per heavy atom. The van der Waals surface area contributed by atoms with Gasteiger partial charge in [0.2, 0.25) is 0 Å². The minimum absolute atomic E-state index is 0.00714. The van der Waals surface area contributed by atoms with E-state index >= 15 is 0 Å². The van der Waals surface area contributed by atoms with Crippen LogP contribution in [0.1, 0.15) is 32.3 Å². The number of nitrogens with two attached hydrogens (primary N) is 1. The summed E-state index contributed by atoms with van der Waals surface area (Å²) in [4.78, 5) is 40.5. The molecule has 0 unspecified atom stereocenters. The number of nitrogen functional groups attached to an aromatic ring is 1. The van der Waals surface area contributed by atoms with Crippen LogP contribution in [-0.4, -0.2) is 22.0 Å². The number of rotatable bonds is 7. The summed E-state index contributed by atoms with van der Waals surface area (Å²) >= 11 is 5.85. The molecule has 7 nitrogen and oxygen atoms in total.